The molecule has 1 aromatic heterocycles. The molecule has 0 aliphatic heterocycles. The van der Waals surface area contributed by atoms with E-state index in [9.17, 15) is 9.90 Å². The van der Waals surface area contributed by atoms with Crippen LogP contribution in [0.15, 0.2) is 17.5 Å². The van der Waals surface area contributed by atoms with Crippen molar-refractivity contribution in [3.63, 3.8) is 0 Å². The van der Waals surface area contributed by atoms with Crippen molar-refractivity contribution in [2.24, 2.45) is 0 Å². The lowest BCUT2D eigenvalue weighted by atomic mass is 10.1. The van der Waals surface area contributed by atoms with Crippen LogP contribution in [-0.2, 0) is 5.60 Å². The first kappa shape index (κ1) is 16.0. The molecule has 5 heteroatoms. The van der Waals surface area contributed by atoms with Crippen LogP contribution < -0.4 is 10.6 Å². The predicted octanol–water partition coefficient (Wildman–Crippen LogP) is 2.84. The molecule has 0 bridgehead atoms. The number of urea groups is 1. The molecule has 1 rings (SSSR count). The van der Waals surface area contributed by atoms with E-state index in [1.165, 1.54) is 24.2 Å². The van der Waals surface area contributed by atoms with E-state index in [0.29, 0.717) is 6.54 Å². The van der Waals surface area contributed by atoms with Crippen molar-refractivity contribution in [2.45, 2.75) is 45.1 Å². The number of nitrogens with one attached hydrogen (secondary N) is 2. The van der Waals surface area contributed by atoms with Crippen LogP contribution in [0, 0.1) is 0 Å². The van der Waals surface area contributed by atoms with Gasteiger partial charge in [-0.05, 0) is 24.8 Å². The Morgan fingerprint density at radius 2 is 2.16 bits per heavy atom. The first-order chi connectivity index (χ1) is 9.06. The third-order valence-corrected chi connectivity index (χ3v) is 4.08. The highest BCUT2D eigenvalue weighted by molar-refractivity contribution is 7.10. The maximum absolute atomic E-state index is 11.6. The molecule has 0 radical (unpaired) electrons. The molecule has 108 valence electrons. The van der Waals surface area contributed by atoms with Crippen LogP contribution in [-0.4, -0.2) is 24.2 Å². The Morgan fingerprint density at radius 1 is 1.37 bits per heavy atom. The van der Waals surface area contributed by atoms with Gasteiger partial charge in [0, 0.05) is 11.4 Å². The molecule has 2 amide bonds. The summed E-state index contributed by atoms with van der Waals surface area (Å²) in [5, 5.41) is 17.7. The van der Waals surface area contributed by atoms with E-state index in [0.717, 1.165) is 17.7 Å². The largest absolute Gasteiger partial charge is 0.383 e. The van der Waals surface area contributed by atoms with E-state index >= 15 is 0 Å². The van der Waals surface area contributed by atoms with Gasteiger partial charge in [-0.15, -0.1) is 11.3 Å². The van der Waals surface area contributed by atoms with Gasteiger partial charge >= 0.3 is 6.03 Å². The molecular formula is C14H24N2O2S. The highest BCUT2D eigenvalue weighted by Crippen LogP contribution is 2.24. The van der Waals surface area contributed by atoms with E-state index in [-0.39, 0.29) is 12.6 Å². The molecular weight excluding hydrogens is 260 g/mol. The molecule has 1 unspecified atom stereocenters. The number of amides is 2. The van der Waals surface area contributed by atoms with Crippen molar-refractivity contribution in [2.75, 3.05) is 13.1 Å². The number of unbranched alkanes of at least 4 members (excludes halogenated alkanes) is 3. The first-order valence-electron chi connectivity index (χ1n) is 6.84. The molecule has 3 N–H and O–H groups in total. The topological polar surface area (TPSA) is 61.4 Å². The number of thiophene rings is 1. The van der Waals surface area contributed by atoms with E-state index < -0.39 is 5.60 Å². The summed E-state index contributed by atoms with van der Waals surface area (Å²) in [6.45, 7) is 4.77. The predicted molar refractivity (Wildman–Crippen MR) is 79.4 cm³/mol. The van der Waals surface area contributed by atoms with E-state index in [1.54, 1.807) is 6.92 Å². The summed E-state index contributed by atoms with van der Waals surface area (Å²) in [6, 6.07) is 3.55. The molecule has 4 nitrogen and oxygen atoms in total. The zero-order valence-electron chi connectivity index (χ0n) is 11.7. The number of carbonyl (C=O) groups excluding carboxylic acids is 1. The second kappa shape index (κ2) is 8.17. The summed E-state index contributed by atoms with van der Waals surface area (Å²) in [5.74, 6) is 0. The summed E-state index contributed by atoms with van der Waals surface area (Å²) in [5.41, 5.74) is -1.01. The molecule has 0 fully saturated rings. The van der Waals surface area contributed by atoms with Crippen LogP contribution in [0.3, 0.4) is 0 Å². The lowest BCUT2D eigenvalue weighted by molar-refractivity contribution is 0.0631. The van der Waals surface area contributed by atoms with Gasteiger partial charge in [0.25, 0.3) is 0 Å². The number of aliphatic hydroxyl groups is 1. The quantitative estimate of drug-likeness (QED) is 0.643. The molecule has 1 heterocycles. The summed E-state index contributed by atoms with van der Waals surface area (Å²) in [4.78, 5) is 12.4. The number of carbonyl (C=O) groups is 1. The number of hydrogen-bond donors (Lipinski definition) is 3. The fourth-order valence-electron chi connectivity index (χ4n) is 1.74. The van der Waals surface area contributed by atoms with Crippen molar-refractivity contribution in [1.82, 2.24) is 10.6 Å². The summed E-state index contributed by atoms with van der Waals surface area (Å²) >= 11 is 1.49. The van der Waals surface area contributed by atoms with Crippen molar-refractivity contribution in [3.8, 4) is 0 Å². The van der Waals surface area contributed by atoms with Crippen LogP contribution in [0.4, 0.5) is 4.79 Å². The van der Waals surface area contributed by atoms with Crippen molar-refractivity contribution in [3.05, 3.63) is 22.4 Å². The minimum absolute atomic E-state index is 0.215. The Labute approximate surface area is 119 Å². The summed E-state index contributed by atoms with van der Waals surface area (Å²) in [7, 11) is 0. The molecule has 0 aromatic carbocycles. The average molecular weight is 284 g/mol. The van der Waals surface area contributed by atoms with Gasteiger partial charge < -0.3 is 15.7 Å². The smallest absolute Gasteiger partial charge is 0.314 e. The van der Waals surface area contributed by atoms with Crippen LogP contribution in [0.5, 0.6) is 0 Å². The molecule has 0 aliphatic rings. The van der Waals surface area contributed by atoms with Crippen LogP contribution >= 0.6 is 11.3 Å². The van der Waals surface area contributed by atoms with E-state index in [4.69, 9.17) is 0 Å². The fraction of sp³-hybridized carbons (Fsp3) is 0.643. The molecule has 0 spiro atoms. The maximum Gasteiger partial charge on any atom is 0.314 e. The molecule has 0 saturated carbocycles. The lowest BCUT2D eigenvalue weighted by Crippen LogP contribution is -2.43. The Hall–Kier alpha value is -1.07. The van der Waals surface area contributed by atoms with Gasteiger partial charge in [-0.2, -0.15) is 0 Å². The molecule has 0 saturated heterocycles. The van der Waals surface area contributed by atoms with Gasteiger partial charge in [0.15, 0.2) is 0 Å². The zero-order chi connectivity index (χ0) is 14.1. The van der Waals surface area contributed by atoms with Crippen LogP contribution in [0.2, 0.25) is 0 Å². The maximum atomic E-state index is 11.6. The van der Waals surface area contributed by atoms with Gasteiger partial charge in [-0.1, -0.05) is 32.3 Å². The third-order valence-electron chi connectivity index (χ3n) is 2.96. The highest BCUT2D eigenvalue weighted by Gasteiger charge is 2.24. The first-order valence-corrected chi connectivity index (χ1v) is 7.72. The lowest BCUT2D eigenvalue weighted by Gasteiger charge is -2.22. The molecule has 19 heavy (non-hydrogen) atoms. The van der Waals surface area contributed by atoms with Gasteiger partial charge in [0.05, 0.1) is 6.54 Å². The van der Waals surface area contributed by atoms with Gasteiger partial charge in [0.1, 0.15) is 5.60 Å². The number of hydrogen-bond acceptors (Lipinski definition) is 3. The SMILES string of the molecule is CCCCCCNC(=O)NCC(C)(O)c1cccs1. The second-order valence-corrected chi connectivity index (χ2v) is 5.87. The Bertz CT molecular complexity index is 364. The van der Waals surface area contributed by atoms with Gasteiger partial charge in [-0.25, -0.2) is 4.79 Å². The Kier molecular flexibility index (Phi) is 6.87. The van der Waals surface area contributed by atoms with Crippen LogP contribution in [0.25, 0.3) is 0 Å². The van der Waals surface area contributed by atoms with E-state index in [1.807, 2.05) is 17.5 Å². The summed E-state index contributed by atoms with van der Waals surface area (Å²) in [6.07, 6.45) is 4.54. The second-order valence-electron chi connectivity index (χ2n) is 4.92. The summed E-state index contributed by atoms with van der Waals surface area (Å²) < 4.78 is 0. The highest BCUT2D eigenvalue weighted by atomic mass is 32.1. The Morgan fingerprint density at radius 3 is 2.79 bits per heavy atom. The minimum atomic E-state index is -1.01. The normalized spacial score (nSPS) is 13.8. The van der Waals surface area contributed by atoms with Gasteiger partial charge in [-0.3, -0.25) is 0 Å². The number of rotatable bonds is 8. The van der Waals surface area contributed by atoms with Crippen molar-refractivity contribution < 1.29 is 9.90 Å². The molecule has 0 aliphatic carbocycles. The fourth-order valence-corrected chi connectivity index (χ4v) is 2.53. The Balaban J connectivity index is 2.19. The monoisotopic (exact) mass is 284 g/mol. The van der Waals surface area contributed by atoms with Crippen LogP contribution in [0.1, 0.15) is 44.4 Å². The van der Waals surface area contributed by atoms with Crippen molar-refractivity contribution in [1.29, 1.82) is 0 Å². The third kappa shape index (κ3) is 6.07. The van der Waals surface area contributed by atoms with Gasteiger partial charge in [0.2, 0.25) is 0 Å². The minimum Gasteiger partial charge on any atom is -0.383 e. The standard InChI is InChI=1S/C14H24N2O2S/c1-3-4-5-6-9-15-13(17)16-11-14(2,18)12-8-7-10-19-12/h7-8,10,18H,3-6,9,11H2,1-2H3,(H2,15,16,17). The molecule has 1 aromatic rings. The van der Waals surface area contributed by atoms with Crippen molar-refractivity contribution >= 4 is 17.4 Å². The molecule has 1 atom stereocenters. The zero-order valence-corrected chi connectivity index (χ0v) is 12.6. The van der Waals surface area contributed by atoms with E-state index in [2.05, 4.69) is 17.6 Å². The average Bonchev–Trinajstić information content (AvgIpc) is 2.91.